The number of ether oxygens (including phenoxy) is 1. The smallest absolute Gasteiger partial charge is 0.0613 e. The lowest BCUT2D eigenvalue weighted by atomic mass is 10.1. The first-order valence-electron chi connectivity index (χ1n) is 5.61. The Kier molecular flexibility index (Phi) is 3.39. The van der Waals surface area contributed by atoms with E-state index < -0.39 is 0 Å². The summed E-state index contributed by atoms with van der Waals surface area (Å²) in [5.41, 5.74) is 3.00. The largest absolute Gasteiger partial charge is 0.383 e. The monoisotopic (exact) mass is 205 g/mol. The Morgan fingerprint density at radius 1 is 1.33 bits per heavy atom. The number of fused-ring (bicyclic) bond motifs is 1. The van der Waals surface area contributed by atoms with E-state index in [1.165, 1.54) is 11.1 Å². The summed E-state index contributed by atoms with van der Waals surface area (Å²) in [4.78, 5) is 0. The lowest BCUT2D eigenvalue weighted by molar-refractivity contribution is 0.167. The van der Waals surface area contributed by atoms with Gasteiger partial charge in [-0.3, -0.25) is 0 Å². The molecule has 0 unspecified atom stereocenters. The van der Waals surface area contributed by atoms with E-state index >= 15 is 0 Å². The van der Waals surface area contributed by atoms with Crippen LogP contribution in [-0.2, 0) is 17.6 Å². The number of hydrogen-bond donors (Lipinski definition) is 1. The van der Waals surface area contributed by atoms with Crippen LogP contribution in [0.25, 0.3) is 0 Å². The van der Waals surface area contributed by atoms with Gasteiger partial charge in [0, 0.05) is 19.2 Å². The van der Waals surface area contributed by atoms with Crippen LogP contribution in [0.4, 0.5) is 0 Å². The first kappa shape index (κ1) is 10.7. The van der Waals surface area contributed by atoms with Crippen molar-refractivity contribution in [3.8, 4) is 0 Å². The van der Waals surface area contributed by atoms with Crippen LogP contribution in [-0.4, -0.2) is 25.8 Å². The maximum atomic E-state index is 5.13. The summed E-state index contributed by atoms with van der Waals surface area (Å²) in [6, 6.07) is 9.75. The molecule has 0 bridgehead atoms. The number of rotatable bonds is 4. The maximum Gasteiger partial charge on any atom is 0.0613 e. The van der Waals surface area contributed by atoms with Gasteiger partial charge in [0.2, 0.25) is 0 Å². The van der Waals surface area contributed by atoms with E-state index in [0.717, 1.165) is 19.4 Å². The van der Waals surface area contributed by atoms with Crippen molar-refractivity contribution in [2.75, 3.05) is 13.7 Å². The number of benzene rings is 1. The summed E-state index contributed by atoms with van der Waals surface area (Å²) in [5, 5.41) is 3.60. The normalized spacial score (nSPS) is 17.7. The molecule has 2 nitrogen and oxygen atoms in total. The minimum Gasteiger partial charge on any atom is -0.383 e. The van der Waals surface area contributed by atoms with Crippen molar-refractivity contribution in [2.45, 2.75) is 31.8 Å². The SMILES string of the molecule is COC[C@H](C)NC1Cc2ccccc2C1. The van der Waals surface area contributed by atoms with Crippen LogP contribution < -0.4 is 5.32 Å². The van der Waals surface area contributed by atoms with Crippen LogP contribution in [0.5, 0.6) is 0 Å². The summed E-state index contributed by atoms with van der Waals surface area (Å²) in [6.45, 7) is 2.96. The zero-order chi connectivity index (χ0) is 10.7. The first-order valence-corrected chi connectivity index (χ1v) is 5.61. The van der Waals surface area contributed by atoms with Crippen LogP contribution in [0.2, 0.25) is 0 Å². The summed E-state index contributed by atoms with van der Waals surface area (Å²) < 4.78 is 5.13. The molecule has 1 atom stereocenters. The van der Waals surface area contributed by atoms with Crippen molar-refractivity contribution < 1.29 is 4.74 Å². The molecule has 2 rings (SSSR count). The average Bonchev–Trinajstić information content (AvgIpc) is 2.59. The molecule has 82 valence electrons. The number of nitrogens with one attached hydrogen (secondary N) is 1. The van der Waals surface area contributed by atoms with Crippen LogP contribution in [0.1, 0.15) is 18.1 Å². The van der Waals surface area contributed by atoms with Crippen molar-refractivity contribution in [2.24, 2.45) is 0 Å². The highest BCUT2D eigenvalue weighted by atomic mass is 16.5. The molecule has 1 aliphatic carbocycles. The molecule has 0 saturated heterocycles. The van der Waals surface area contributed by atoms with Gasteiger partial charge in [-0.05, 0) is 30.9 Å². The average molecular weight is 205 g/mol. The van der Waals surface area contributed by atoms with Crippen molar-refractivity contribution >= 4 is 0 Å². The highest BCUT2D eigenvalue weighted by Gasteiger charge is 2.21. The van der Waals surface area contributed by atoms with Gasteiger partial charge >= 0.3 is 0 Å². The Morgan fingerprint density at radius 3 is 2.47 bits per heavy atom. The van der Waals surface area contributed by atoms with Gasteiger partial charge in [-0.25, -0.2) is 0 Å². The third-order valence-corrected chi connectivity index (χ3v) is 2.99. The van der Waals surface area contributed by atoms with E-state index in [1.54, 1.807) is 7.11 Å². The van der Waals surface area contributed by atoms with Gasteiger partial charge in [0.25, 0.3) is 0 Å². The fourth-order valence-electron chi connectivity index (χ4n) is 2.38. The quantitative estimate of drug-likeness (QED) is 0.809. The third kappa shape index (κ3) is 2.58. The number of methoxy groups -OCH3 is 1. The van der Waals surface area contributed by atoms with Crippen LogP contribution in [0.15, 0.2) is 24.3 Å². The lowest BCUT2D eigenvalue weighted by Gasteiger charge is -2.18. The minimum atomic E-state index is 0.439. The van der Waals surface area contributed by atoms with E-state index in [0.29, 0.717) is 12.1 Å². The summed E-state index contributed by atoms with van der Waals surface area (Å²) in [5.74, 6) is 0. The summed E-state index contributed by atoms with van der Waals surface area (Å²) in [6.07, 6.45) is 2.31. The Morgan fingerprint density at radius 2 is 1.93 bits per heavy atom. The Balaban J connectivity index is 1.90. The molecule has 2 heteroatoms. The molecule has 1 aliphatic rings. The van der Waals surface area contributed by atoms with E-state index in [1.807, 2.05) is 0 Å². The molecule has 0 radical (unpaired) electrons. The van der Waals surface area contributed by atoms with Crippen LogP contribution in [0.3, 0.4) is 0 Å². The molecule has 1 aromatic carbocycles. The van der Waals surface area contributed by atoms with Gasteiger partial charge in [-0.1, -0.05) is 24.3 Å². The van der Waals surface area contributed by atoms with Gasteiger partial charge in [0.15, 0.2) is 0 Å². The standard InChI is InChI=1S/C13H19NO/c1-10(9-15-2)14-13-7-11-5-3-4-6-12(11)8-13/h3-6,10,13-14H,7-9H2,1-2H3/t10-/m0/s1. The highest BCUT2D eigenvalue weighted by Crippen LogP contribution is 2.21. The Hall–Kier alpha value is -0.860. The topological polar surface area (TPSA) is 21.3 Å². The van der Waals surface area contributed by atoms with E-state index in [4.69, 9.17) is 4.74 Å². The van der Waals surface area contributed by atoms with Crippen LogP contribution in [0, 0.1) is 0 Å². The fraction of sp³-hybridized carbons (Fsp3) is 0.538. The molecule has 0 amide bonds. The van der Waals surface area contributed by atoms with Crippen molar-refractivity contribution in [3.63, 3.8) is 0 Å². The molecule has 0 aromatic heterocycles. The molecule has 0 fully saturated rings. The molecule has 0 aliphatic heterocycles. The molecule has 0 heterocycles. The molecular formula is C13H19NO. The summed E-state index contributed by atoms with van der Waals surface area (Å²) in [7, 11) is 1.75. The molecule has 0 spiro atoms. The van der Waals surface area contributed by atoms with E-state index in [-0.39, 0.29) is 0 Å². The van der Waals surface area contributed by atoms with Crippen LogP contribution >= 0.6 is 0 Å². The molecule has 1 N–H and O–H groups in total. The van der Waals surface area contributed by atoms with Gasteiger partial charge in [-0.15, -0.1) is 0 Å². The Bertz CT molecular complexity index is 299. The van der Waals surface area contributed by atoms with E-state index in [2.05, 4.69) is 36.5 Å². The minimum absolute atomic E-state index is 0.439. The Labute approximate surface area is 91.6 Å². The predicted molar refractivity (Wildman–Crippen MR) is 62.1 cm³/mol. The zero-order valence-electron chi connectivity index (χ0n) is 9.49. The predicted octanol–water partition coefficient (Wildman–Crippen LogP) is 1.78. The van der Waals surface area contributed by atoms with Gasteiger partial charge < -0.3 is 10.1 Å². The van der Waals surface area contributed by atoms with Gasteiger partial charge in [-0.2, -0.15) is 0 Å². The van der Waals surface area contributed by atoms with Crippen molar-refractivity contribution in [1.29, 1.82) is 0 Å². The molecular weight excluding hydrogens is 186 g/mol. The second-order valence-corrected chi connectivity index (χ2v) is 4.40. The summed E-state index contributed by atoms with van der Waals surface area (Å²) >= 11 is 0. The second kappa shape index (κ2) is 4.77. The van der Waals surface area contributed by atoms with Crippen molar-refractivity contribution in [1.82, 2.24) is 5.32 Å². The molecule has 1 aromatic rings. The van der Waals surface area contributed by atoms with Gasteiger partial charge in [0.05, 0.1) is 6.61 Å². The number of hydrogen-bond acceptors (Lipinski definition) is 2. The molecule has 0 saturated carbocycles. The first-order chi connectivity index (χ1) is 7.29. The zero-order valence-corrected chi connectivity index (χ0v) is 9.49. The third-order valence-electron chi connectivity index (χ3n) is 2.99. The van der Waals surface area contributed by atoms with E-state index in [9.17, 15) is 0 Å². The second-order valence-electron chi connectivity index (χ2n) is 4.40. The highest BCUT2D eigenvalue weighted by molar-refractivity contribution is 5.33. The fourth-order valence-corrected chi connectivity index (χ4v) is 2.38. The lowest BCUT2D eigenvalue weighted by Crippen LogP contribution is -2.39. The van der Waals surface area contributed by atoms with Crippen molar-refractivity contribution in [3.05, 3.63) is 35.4 Å². The maximum absolute atomic E-state index is 5.13. The molecule has 15 heavy (non-hydrogen) atoms. The van der Waals surface area contributed by atoms with Gasteiger partial charge in [0.1, 0.15) is 0 Å².